The van der Waals surface area contributed by atoms with Gasteiger partial charge < -0.3 is 9.67 Å². The van der Waals surface area contributed by atoms with Gasteiger partial charge in [0.15, 0.2) is 0 Å². The molecule has 1 fully saturated rings. The van der Waals surface area contributed by atoms with Crippen molar-refractivity contribution in [1.82, 2.24) is 14.5 Å². The van der Waals surface area contributed by atoms with E-state index in [1.807, 2.05) is 13.3 Å². The van der Waals surface area contributed by atoms with Crippen molar-refractivity contribution in [2.75, 3.05) is 0 Å². The highest BCUT2D eigenvalue weighted by molar-refractivity contribution is 7.17. The van der Waals surface area contributed by atoms with Gasteiger partial charge in [-0.25, -0.2) is 14.8 Å². The molecule has 19 heavy (non-hydrogen) atoms. The van der Waals surface area contributed by atoms with E-state index in [1.165, 1.54) is 24.2 Å². The number of aromatic nitrogens is 3. The van der Waals surface area contributed by atoms with Crippen LogP contribution in [0.15, 0.2) is 12.5 Å². The molecule has 3 rings (SSSR count). The summed E-state index contributed by atoms with van der Waals surface area (Å²) in [4.78, 5) is 20.3. The molecule has 100 valence electrons. The summed E-state index contributed by atoms with van der Waals surface area (Å²) in [6.07, 6.45) is 7.53. The monoisotopic (exact) mass is 277 g/mol. The summed E-state index contributed by atoms with van der Waals surface area (Å²) < 4.78 is 2.11. The fraction of sp³-hybridized carbons (Fsp3) is 0.462. The van der Waals surface area contributed by atoms with Crippen LogP contribution in [-0.4, -0.2) is 25.6 Å². The van der Waals surface area contributed by atoms with Crippen LogP contribution in [0.25, 0.3) is 10.7 Å². The van der Waals surface area contributed by atoms with Crippen LogP contribution in [0.3, 0.4) is 0 Å². The molecule has 6 heteroatoms. The fourth-order valence-corrected chi connectivity index (χ4v) is 3.11. The van der Waals surface area contributed by atoms with Crippen molar-refractivity contribution in [3.63, 3.8) is 0 Å². The summed E-state index contributed by atoms with van der Waals surface area (Å²) in [7, 11) is 0. The maximum absolute atomic E-state index is 11.3. The van der Waals surface area contributed by atoms with Gasteiger partial charge in [-0.3, -0.25) is 0 Å². The number of nitrogens with zero attached hydrogens (tertiary/aromatic N) is 3. The van der Waals surface area contributed by atoms with Crippen LogP contribution in [0.2, 0.25) is 0 Å². The minimum atomic E-state index is -0.885. The van der Waals surface area contributed by atoms with E-state index in [9.17, 15) is 9.90 Å². The normalized spacial score (nSPS) is 14.8. The van der Waals surface area contributed by atoms with Crippen molar-refractivity contribution in [1.29, 1.82) is 0 Å². The number of carboxylic acids is 1. The first-order valence-electron chi connectivity index (χ1n) is 6.46. The standard InChI is InChI=1S/C13H15N3O2S/c1-2-3-9-11(13(17)18)19-12(15-9)10-6-14-7-16(10)8-4-5-8/h6-8H,2-5H2,1H3,(H,17,18). The largest absolute Gasteiger partial charge is 0.477 e. The molecular formula is C13H15N3O2S. The Morgan fingerprint density at radius 3 is 3.00 bits per heavy atom. The Morgan fingerprint density at radius 2 is 2.37 bits per heavy atom. The lowest BCUT2D eigenvalue weighted by atomic mass is 10.2. The van der Waals surface area contributed by atoms with Gasteiger partial charge in [0.25, 0.3) is 0 Å². The van der Waals surface area contributed by atoms with Crippen LogP contribution in [0.4, 0.5) is 0 Å². The fourth-order valence-electron chi connectivity index (χ4n) is 2.15. The maximum Gasteiger partial charge on any atom is 0.347 e. The van der Waals surface area contributed by atoms with Crippen LogP contribution in [-0.2, 0) is 6.42 Å². The number of carbonyl (C=O) groups is 1. The van der Waals surface area contributed by atoms with Crippen LogP contribution in [0.5, 0.6) is 0 Å². The topological polar surface area (TPSA) is 68.0 Å². The number of rotatable bonds is 5. The molecule has 0 spiro atoms. The Bertz CT molecular complexity index is 613. The van der Waals surface area contributed by atoms with Crippen LogP contribution < -0.4 is 0 Å². The predicted octanol–water partition coefficient (Wildman–Crippen LogP) is 2.99. The van der Waals surface area contributed by atoms with Gasteiger partial charge >= 0.3 is 5.97 Å². The molecule has 2 aromatic rings. The molecule has 2 aromatic heterocycles. The second-order valence-electron chi connectivity index (χ2n) is 4.77. The number of thiazole rings is 1. The first-order chi connectivity index (χ1) is 9.20. The minimum absolute atomic E-state index is 0.361. The number of hydrogen-bond acceptors (Lipinski definition) is 4. The Morgan fingerprint density at radius 1 is 1.58 bits per heavy atom. The summed E-state index contributed by atoms with van der Waals surface area (Å²) >= 11 is 1.25. The number of aromatic carboxylic acids is 1. The molecule has 0 bridgehead atoms. The Labute approximate surface area is 114 Å². The first-order valence-corrected chi connectivity index (χ1v) is 7.27. The maximum atomic E-state index is 11.3. The highest BCUT2D eigenvalue weighted by Crippen LogP contribution is 2.39. The third-order valence-corrected chi connectivity index (χ3v) is 4.31. The van der Waals surface area contributed by atoms with E-state index in [4.69, 9.17) is 0 Å². The van der Waals surface area contributed by atoms with E-state index in [2.05, 4.69) is 14.5 Å². The molecule has 1 aliphatic carbocycles. The van der Waals surface area contributed by atoms with Crippen LogP contribution in [0.1, 0.15) is 47.6 Å². The molecule has 0 atom stereocenters. The van der Waals surface area contributed by atoms with Crippen molar-refractivity contribution in [3.8, 4) is 10.7 Å². The summed E-state index contributed by atoms with van der Waals surface area (Å²) in [6.45, 7) is 2.03. The van der Waals surface area contributed by atoms with Gasteiger partial charge in [-0.05, 0) is 19.3 Å². The zero-order valence-electron chi connectivity index (χ0n) is 10.7. The highest BCUT2D eigenvalue weighted by atomic mass is 32.1. The van der Waals surface area contributed by atoms with E-state index in [0.717, 1.165) is 17.1 Å². The number of carboxylic acid groups (broad SMARTS) is 1. The summed E-state index contributed by atoms with van der Waals surface area (Å²) in [6, 6.07) is 0.518. The number of aryl methyl sites for hydroxylation is 1. The molecule has 0 radical (unpaired) electrons. The molecule has 1 N–H and O–H groups in total. The molecule has 1 saturated carbocycles. The molecule has 0 unspecified atom stereocenters. The average Bonchev–Trinajstić information content (AvgIpc) is 2.95. The quantitative estimate of drug-likeness (QED) is 0.912. The van der Waals surface area contributed by atoms with Gasteiger partial charge in [-0.15, -0.1) is 11.3 Å². The van der Waals surface area contributed by atoms with Crippen molar-refractivity contribution in [2.45, 2.75) is 38.6 Å². The summed E-state index contributed by atoms with van der Waals surface area (Å²) in [5, 5.41) is 10.0. The lowest BCUT2D eigenvalue weighted by molar-refractivity contribution is 0.0700. The van der Waals surface area contributed by atoms with Gasteiger partial charge in [-0.2, -0.15) is 0 Å². The molecule has 0 amide bonds. The van der Waals surface area contributed by atoms with Crippen molar-refractivity contribution < 1.29 is 9.90 Å². The molecule has 0 aliphatic heterocycles. The third kappa shape index (κ3) is 2.28. The van der Waals surface area contributed by atoms with Crippen LogP contribution in [0, 0.1) is 0 Å². The van der Waals surface area contributed by atoms with Crippen molar-refractivity contribution in [3.05, 3.63) is 23.1 Å². The van der Waals surface area contributed by atoms with Crippen LogP contribution >= 0.6 is 11.3 Å². The van der Waals surface area contributed by atoms with E-state index in [0.29, 0.717) is 23.0 Å². The molecule has 0 aromatic carbocycles. The smallest absolute Gasteiger partial charge is 0.347 e. The zero-order chi connectivity index (χ0) is 13.4. The van der Waals surface area contributed by atoms with Gasteiger partial charge in [0.05, 0.1) is 23.9 Å². The Hall–Kier alpha value is -1.69. The second-order valence-corrected chi connectivity index (χ2v) is 5.77. The number of hydrogen-bond donors (Lipinski definition) is 1. The van der Waals surface area contributed by atoms with E-state index >= 15 is 0 Å². The van der Waals surface area contributed by atoms with Crippen molar-refractivity contribution in [2.24, 2.45) is 0 Å². The molecule has 5 nitrogen and oxygen atoms in total. The first kappa shape index (κ1) is 12.3. The zero-order valence-corrected chi connectivity index (χ0v) is 11.5. The van der Waals surface area contributed by atoms with E-state index in [-0.39, 0.29) is 0 Å². The SMILES string of the molecule is CCCc1nc(-c2cncn2C2CC2)sc1C(=O)O. The summed E-state index contributed by atoms with van der Waals surface area (Å²) in [5.41, 5.74) is 1.64. The minimum Gasteiger partial charge on any atom is -0.477 e. The van der Waals surface area contributed by atoms with Crippen molar-refractivity contribution >= 4 is 17.3 Å². The molecule has 2 heterocycles. The van der Waals surface area contributed by atoms with Gasteiger partial charge in [0.2, 0.25) is 0 Å². The highest BCUT2D eigenvalue weighted by Gasteiger charge is 2.27. The molecule has 1 aliphatic rings. The van der Waals surface area contributed by atoms with Gasteiger partial charge in [-0.1, -0.05) is 13.3 Å². The van der Waals surface area contributed by atoms with E-state index < -0.39 is 5.97 Å². The summed E-state index contributed by atoms with van der Waals surface area (Å²) in [5.74, 6) is -0.885. The lowest BCUT2D eigenvalue weighted by Crippen LogP contribution is -1.98. The molecular weight excluding hydrogens is 262 g/mol. The average molecular weight is 277 g/mol. The lowest BCUT2D eigenvalue weighted by Gasteiger charge is -2.02. The second kappa shape index (κ2) is 4.77. The predicted molar refractivity (Wildman–Crippen MR) is 72.6 cm³/mol. The molecule has 0 saturated heterocycles. The van der Waals surface area contributed by atoms with Gasteiger partial charge in [0, 0.05) is 6.04 Å². The van der Waals surface area contributed by atoms with E-state index in [1.54, 1.807) is 6.20 Å². The Balaban J connectivity index is 2.02. The number of imidazole rings is 1. The Kier molecular flexibility index (Phi) is 3.10. The third-order valence-electron chi connectivity index (χ3n) is 3.20. The van der Waals surface area contributed by atoms with Gasteiger partial charge in [0.1, 0.15) is 9.88 Å².